The van der Waals surface area contributed by atoms with Crippen molar-refractivity contribution in [2.45, 2.75) is 57.0 Å². The third-order valence-corrected chi connectivity index (χ3v) is 5.76. The first-order valence-corrected chi connectivity index (χ1v) is 9.17. The van der Waals surface area contributed by atoms with Crippen LogP contribution < -0.4 is 5.32 Å². The Morgan fingerprint density at radius 2 is 1.87 bits per heavy atom. The molecular weight excluding hydrogens is 290 g/mol. The van der Waals surface area contributed by atoms with Crippen LogP contribution in [0.2, 0.25) is 0 Å². The molecular formula is C18H27N3O2. The Labute approximate surface area is 138 Å². The van der Waals surface area contributed by atoms with E-state index in [4.69, 9.17) is 4.42 Å². The molecule has 3 aliphatic rings. The maximum Gasteiger partial charge on any atom is 0.317 e. The van der Waals surface area contributed by atoms with Crippen LogP contribution in [0, 0.1) is 0 Å². The number of likely N-dealkylation sites (tertiary alicyclic amines) is 2. The van der Waals surface area contributed by atoms with Gasteiger partial charge in [0.1, 0.15) is 5.76 Å². The molecule has 1 aromatic rings. The van der Waals surface area contributed by atoms with Crippen LogP contribution in [0.3, 0.4) is 0 Å². The molecule has 23 heavy (non-hydrogen) atoms. The molecule has 2 fully saturated rings. The lowest BCUT2D eigenvalue weighted by molar-refractivity contribution is 0.132. The topological polar surface area (TPSA) is 48.7 Å². The molecule has 126 valence electrons. The zero-order valence-electron chi connectivity index (χ0n) is 13.8. The number of hydrogen-bond acceptors (Lipinski definition) is 3. The fourth-order valence-electron chi connectivity index (χ4n) is 4.42. The number of nitrogens with one attached hydrogen (secondary N) is 1. The Balaban J connectivity index is 1.31. The van der Waals surface area contributed by atoms with Crippen molar-refractivity contribution >= 4 is 6.03 Å². The average Bonchev–Trinajstić information content (AvgIpc) is 3.27. The van der Waals surface area contributed by atoms with Crippen molar-refractivity contribution in [1.82, 2.24) is 15.1 Å². The smallest absolute Gasteiger partial charge is 0.317 e. The molecule has 1 N–H and O–H groups in total. The minimum atomic E-state index is 0.101. The van der Waals surface area contributed by atoms with Gasteiger partial charge in [-0.2, -0.15) is 0 Å². The fraction of sp³-hybridized carbons (Fsp3) is 0.722. The van der Waals surface area contributed by atoms with Crippen molar-refractivity contribution < 1.29 is 9.21 Å². The van der Waals surface area contributed by atoms with Gasteiger partial charge in [0.05, 0.1) is 12.3 Å². The highest BCUT2D eigenvalue weighted by Crippen LogP contribution is 2.30. The molecule has 1 unspecified atom stereocenters. The van der Waals surface area contributed by atoms with Crippen LogP contribution in [0.5, 0.6) is 0 Å². The van der Waals surface area contributed by atoms with Gasteiger partial charge < -0.3 is 19.5 Å². The molecule has 0 spiro atoms. The maximum absolute atomic E-state index is 12.6. The van der Waals surface area contributed by atoms with Crippen LogP contribution in [0.1, 0.15) is 55.9 Å². The van der Waals surface area contributed by atoms with Crippen LogP contribution in [0.25, 0.3) is 0 Å². The van der Waals surface area contributed by atoms with Crippen LogP contribution in [0.4, 0.5) is 4.79 Å². The Kier molecular flexibility index (Phi) is 4.29. The van der Waals surface area contributed by atoms with E-state index >= 15 is 0 Å². The molecule has 3 heterocycles. The lowest BCUT2D eigenvalue weighted by atomic mass is 9.93. The SMILES string of the molecule is O=C(NC1CCCc2occc21)N1CCC(N2CCCC2)CC1. The molecule has 4 rings (SSSR count). The Hall–Kier alpha value is -1.49. The van der Waals surface area contributed by atoms with Crippen molar-refractivity contribution in [3.8, 4) is 0 Å². The van der Waals surface area contributed by atoms with Crippen molar-refractivity contribution in [2.24, 2.45) is 0 Å². The second-order valence-electron chi connectivity index (χ2n) is 7.15. The minimum Gasteiger partial charge on any atom is -0.469 e. The van der Waals surface area contributed by atoms with Crippen molar-refractivity contribution in [2.75, 3.05) is 26.2 Å². The van der Waals surface area contributed by atoms with E-state index in [0.29, 0.717) is 6.04 Å². The van der Waals surface area contributed by atoms with E-state index < -0.39 is 0 Å². The zero-order valence-corrected chi connectivity index (χ0v) is 13.8. The van der Waals surface area contributed by atoms with Gasteiger partial charge in [-0.3, -0.25) is 0 Å². The molecule has 0 saturated carbocycles. The summed E-state index contributed by atoms with van der Waals surface area (Å²) in [4.78, 5) is 17.2. The maximum atomic E-state index is 12.6. The first-order chi connectivity index (χ1) is 11.3. The Bertz CT molecular complexity index is 542. The first kappa shape index (κ1) is 15.1. The number of furan rings is 1. The van der Waals surface area contributed by atoms with E-state index in [1.807, 2.05) is 11.0 Å². The van der Waals surface area contributed by atoms with Gasteiger partial charge in [0, 0.05) is 31.1 Å². The molecule has 5 nitrogen and oxygen atoms in total. The van der Waals surface area contributed by atoms with E-state index in [2.05, 4.69) is 10.2 Å². The number of carbonyl (C=O) groups excluding carboxylic acids is 1. The number of hydrogen-bond donors (Lipinski definition) is 1. The summed E-state index contributed by atoms with van der Waals surface area (Å²) in [7, 11) is 0. The van der Waals surface area contributed by atoms with Crippen LogP contribution in [-0.4, -0.2) is 48.1 Å². The van der Waals surface area contributed by atoms with Crippen molar-refractivity contribution in [3.63, 3.8) is 0 Å². The van der Waals surface area contributed by atoms with Crippen LogP contribution in [0.15, 0.2) is 16.7 Å². The highest BCUT2D eigenvalue weighted by molar-refractivity contribution is 5.75. The molecule has 2 saturated heterocycles. The quantitative estimate of drug-likeness (QED) is 0.912. The normalized spacial score (nSPS) is 26.3. The van der Waals surface area contributed by atoms with Crippen LogP contribution >= 0.6 is 0 Å². The minimum absolute atomic E-state index is 0.101. The standard InChI is InChI=1S/C18H27N3O2/c22-18(19-16-4-3-5-17-15(16)8-13-23-17)21-11-6-14(7-12-21)20-9-1-2-10-20/h8,13-14,16H,1-7,9-12H2,(H,19,22). The van der Waals surface area contributed by atoms with Gasteiger partial charge in [-0.15, -0.1) is 0 Å². The number of carbonyl (C=O) groups is 1. The van der Waals surface area contributed by atoms with E-state index in [1.54, 1.807) is 6.26 Å². The predicted molar refractivity (Wildman–Crippen MR) is 88.3 cm³/mol. The third-order valence-electron chi connectivity index (χ3n) is 5.76. The summed E-state index contributed by atoms with van der Waals surface area (Å²) < 4.78 is 5.51. The largest absolute Gasteiger partial charge is 0.469 e. The Morgan fingerprint density at radius 1 is 1.09 bits per heavy atom. The van der Waals surface area contributed by atoms with Gasteiger partial charge in [0.2, 0.25) is 0 Å². The number of aryl methyl sites for hydroxylation is 1. The summed E-state index contributed by atoms with van der Waals surface area (Å²) in [5.74, 6) is 1.05. The summed E-state index contributed by atoms with van der Waals surface area (Å²) in [6.45, 7) is 4.28. The second-order valence-corrected chi connectivity index (χ2v) is 7.15. The highest BCUT2D eigenvalue weighted by Gasteiger charge is 2.30. The van der Waals surface area contributed by atoms with Crippen LogP contribution in [-0.2, 0) is 6.42 Å². The number of rotatable bonds is 2. The molecule has 1 aliphatic carbocycles. The second kappa shape index (κ2) is 6.56. The zero-order chi connectivity index (χ0) is 15.6. The number of nitrogens with zero attached hydrogens (tertiary/aromatic N) is 2. The lowest BCUT2D eigenvalue weighted by Crippen LogP contribution is -2.49. The first-order valence-electron chi connectivity index (χ1n) is 9.17. The highest BCUT2D eigenvalue weighted by atomic mass is 16.3. The summed E-state index contributed by atoms with van der Waals surface area (Å²) in [6, 6.07) is 2.93. The Morgan fingerprint density at radius 3 is 2.65 bits per heavy atom. The number of urea groups is 1. The number of fused-ring (bicyclic) bond motifs is 1. The molecule has 0 aromatic carbocycles. The molecule has 0 radical (unpaired) electrons. The summed E-state index contributed by atoms with van der Waals surface area (Å²) in [5, 5.41) is 3.23. The third kappa shape index (κ3) is 3.11. The summed E-state index contributed by atoms with van der Waals surface area (Å²) >= 11 is 0. The molecule has 0 bridgehead atoms. The molecule has 1 atom stereocenters. The predicted octanol–water partition coefficient (Wildman–Crippen LogP) is 2.93. The lowest BCUT2D eigenvalue weighted by Gasteiger charge is -2.37. The summed E-state index contributed by atoms with van der Waals surface area (Å²) in [6.07, 6.45) is 9.77. The van der Waals surface area contributed by atoms with Gasteiger partial charge in [0.25, 0.3) is 0 Å². The van der Waals surface area contributed by atoms with Crippen molar-refractivity contribution in [1.29, 1.82) is 0 Å². The molecule has 5 heteroatoms. The van der Waals surface area contributed by atoms with Gasteiger partial charge in [-0.25, -0.2) is 4.79 Å². The van der Waals surface area contributed by atoms with E-state index in [9.17, 15) is 4.79 Å². The van der Waals surface area contributed by atoms with Gasteiger partial charge >= 0.3 is 6.03 Å². The summed E-state index contributed by atoms with van der Waals surface area (Å²) in [5.41, 5.74) is 1.18. The van der Waals surface area contributed by atoms with E-state index in [0.717, 1.165) is 51.0 Å². The van der Waals surface area contributed by atoms with E-state index in [1.165, 1.54) is 31.5 Å². The van der Waals surface area contributed by atoms with Gasteiger partial charge in [-0.1, -0.05) is 0 Å². The number of amides is 2. The molecule has 1 aromatic heterocycles. The fourth-order valence-corrected chi connectivity index (χ4v) is 4.42. The van der Waals surface area contributed by atoms with Crippen molar-refractivity contribution in [3.05, 3.63) is 23.7 Å². The number of piperidine rings is 1. The monoisotopic (exact) mass is 317 g/mol. The molecule has 2 amide bonds. The van der Waals surface area contributed by atoms with Gasteiger partial charge in [0.15, 0.2) is 0 Å². The van der Waals surface area contributed by atoms with Gasteiger partial charge in [-0.05, 0) is 57.7 Å². The average molecular weight is 317 g/mol. The molecule has 2 aliphatic heterocycles. The van der Waals surface area contributed by atoms with E-state index in [-0.39, 0.29) is 12.1 Å².